The first-order valence-corrected chi connectivity index (χ1v) is 11.9. The second-order valence-electron chi connectivity index (χ2n) is 7.24. The molecule has 146 valence electrons. The van der Waals surface area contributed by atoms with Gasteiger partial charge in [-0.3, -0.25) is 4.79 Å². The molecular weight excluding hydrogens is 370 g/mol. The molecule has 3 heterocycles. The quantitative estimate of drug-likeness (QED) is 0.763. The van der Waals surface area contributed by atoms with Crippen molar-refractivity contribution in [2.24, 2.45) is 5.92 Å². The van der Waals surface area contributed by atoms with Crippen LogP contribution < -0.4 is 5.32 Å². The summed E-state index contributed by atoms with van der Waals surface area (Å²) < 4.78 is 27.0. The Morgan fingerprint density at radius 1 is 1.15 bits per heavy atom. The molecule has 0 radical (unpaired) electrons. The van der Waals surface area contributed by atoms with E-state index in [1.165, 1.54) is 30.6 Å². The van der Waals surface area contributed by atoms with Crippen molar-refractivity contribution in [3.05, 3.63) is 17.5 Å². The van der Waals surface area contributed by atoms with Gasteiger partial charge in [0, 0.05) is 32.6 Å². The molecule has 0 unspecified atom stereocenters. The van der Waals surface area contributed by atoms with Crippen LogP contribution in [0.5, 0.6) is 0 Å². The number of nitrogens with zero attached hydrogens (tertiary/aromatic N) is 2. The van der Waals surface area contributed by atoms with Gasteiger partial charge in [-0.25, -0.2) is 8.42 Å². The molecule has 0 aliphatic carbocycles. The minimum Gasteiger partial charge on any atom is -0.355 e. The molecule has 6 nitrogen and oxygen atoms in total. The van der Waals surface area contributed by atoms with Crippen molar-refractivity contribution in [1.82, 2.24) is 14.5 Å². The van der Waals surface area contributed by atoms with Gasteiger partial charge in [0.2, 0.25) is 5.91 Å². The number of thiophene rings is 1. The number of carbonyl (C=O) groups is 1. The summed E-state index contributed by atoms with van der Waals surface area (Å²) in [6, 6.07) is 3.42. The number of nitrogens with one attached hydrogen (secondary N) is 1. The lowest BCUT2D eigenvalue weighted by molar-refractivity contribution is -0.122. The predicted octanol–water partition coefficient (Wildman–Crippen LogP) is 2.14. The highest BCUT2D eigenvalue weighted by atomic mass is 32.2. The normalized spacial score (nSPS) is 20.9. The molecule has 1 N–H and O–H groups in total. The Balaban J connectivity index is 1.36. The lowest BCUT2D eigenvalue weighted by Crippen LogP contribution is -2.40. The molecule has 1 aromatic heterocycles. The molecule has 2 fully saturated rings. The topological polar surface area (TPSA) is 69.7 Å². The fourth-order valence-corrected chi connectivity index (χ4v) is 6.38. The Bertz CT molecular complexity index is 662. The van der Waals surface area contributed by atoms with E-state index in [1.807, 2.05) is 0 Å². The third-order valence-corrected chi connectivity index (χ3v) is 8.61. The molecule has 2 aliphatic heterocycles. The summed E-state index contributed by atoms with van der Waals surface area (Å²) in [6.45, 7) is 4.95. The molecule has 0 saturated carbocycles. The number of amides is 1. The lowest BCUT2D eigenvalue weighted by Gasteiger charge is -2.30. The van der Waals surface area contributed by atoms with Gasteiger partial charge in [-0.1, -0.05) is 12.5 Å². The van der Waals surface area contributed by atoms with Crippen molar-refractivity contribution in [1.29, 1.82) is 0 Å². The zero-order valence-corrected chi connectivity index (χ0v) is 16.9. The van der Waals surface area contributed by atoms with Crippen LogP contribution in [0.4, 0.5) is 0 Å². The highest BCUT2D eigenvalue weighted by molar-refractivity contribution is 7.91. The van der Waals surface area contributed by atoms with Crippen molar-refractivity contribution in [2.45, 2.75) is 42.7 Å². The molecule has 1 amide bonds. The molecular formula is C18H29N3O3S2. The summed E-state index contributed by atoms with van der Waals surface area (Å²) in [5.41, 5.74) is 0. The first-order valence-electron chi connectivity index (χ1n) is 9.58. The van der Waals surface area contributed by atoms with Crippen molar-refractivity contribution < 1.29 is 13.2 Å². The maximum Gasteiger partial charge on any atom is 0.252 e. The third kappa shape index (κ3) is 5.28. The molecule has 1 aromatic rings. The van der Waals surface area contributed by atoms with Gasteiger partial charge in [0.05, 0.1) is 0 Å². The van der Waals surface area contributed by atoms with Gasteiger partial charge in [-0.2, -0.15) is 4.31 Å². The molecule has 2 aliphatic rings. The van der Waals surface area contributed by atoms with Crippen LogP contribution >= 0.6 is 11.3 Å². The Morgan fingerprint density at radius 2 is 1.88 bits per heavy atom. The number of hydrogen-bond donors (Lipinski definition) is 1. The largest absolute Gasteiger partial charge is 0.355 e. The summed E-state index contributed by atoms with van der Waals surface area (Å²) in [6.07, 6.45) is 5.87. The molecule has 3 rings (SSSR count). The molecule has 0 bridgehead atoms. The SMILES string of the molecule is O=C(CC1CCN(S(=O)(=O)c2cccs2)CC1)NCCN1CCCCC1. The summed E-state index contributed by atoms with van der Waals surface area (Å²) in [5, 5.41) is 4.82. The first kappa shape index (κ1) is 19.8. The number of likely N-dealkylation sites (tertiary alicyclic amines) is 1. The minimum absolute atomic E-state index is 0.0987. The van der Waals surface area contributed by atoms with E-state index in [-0.39, 0.29) is 11.8 Å². The molecule has 8 heteroatoms. The van der Waals surface area contributed by atoms with E-state index in [1.54, 1.807) is 21.8 Å². The monoisotopic (exact) mass is 399 g/mol. The Morgan fingerprint density at radius 3 is 2.54 bits per heavy atom. The molecule has 0 atom stereocenters. The van der Waals surface area contributed by atoms with Crippen molar-refractivity contribution in [3.8, 4) is 0 Å². The van der Waals surface area contributed by atoms with Gasteiger partial charge in [-0.05, 0) is 56.1 Å². The zero-order valence-electron chi connectivity index (χ0n) is 15.2. The number of rotatable bonds is 7. The smallest absolute Gasteiger partial charge is 0.252 e. The third-order valence-electron chi connectivity index (χ3n) is 5.34. The van der Waals surface area contributed by atoms with E-state index in [9.17, 15) is 13.2 Å². The first-order chi connectivity index (χ1) is 12.6. The van der Waals surface area contributed by atoms with Crippen LogP contribution in [0.1, 0.15) is 38.5 Å². The molecule has 0 spiro atoms. The summed E-state index contributed by atoms with van der Waals surface area (Å²) in [7, 11) is -3.35. The van der Waals surface area contributed by atoms with E-state index in [0.29, 0.717) is 30.3 Å². The Kier molecular flexibility index (Phi) is 7.08. The molecule has 0 aromatic carbocycles. The number of carbonyl (C=O) groups excluding carboxylic acids is 1. The van der Waals surface area contributed by atoms with E-state index in [2.05, 4.69) is 10.2 Å². The average Bonchev–Trinajstić information content (AvgIpc) is 3.19. The van der Waals surface area contributed by atoms with Crippen LogP contribution in [0.3, 0.4) is 0 Å². The maximum atomic E-state index is 12.5. The van der Waals surface area contributed by atoms with E-state index >= 15 is 0 Å². The van der Waals surface area contributed by atoms with E-state index in [0.717, 1.165) is 32.5 Å². The van der Waals surface area contributed by atoms with E-state index < -0.39 is 10.0 Å². The second kappa shape index (κ2) is 9.30. The Labute approximate surface area is 160 Å². The van der Waals surface area contributed by atoms with Gasteiger partial charge in [-0.15, -0.1) is 11.3 Å². The summed E-state index contributed by atoms with van der Waals surface area (Å²) >= 11 is 1.26. The predicted molar refractivity (Wildman–Crippen MR) is 104 cm³/mol. The van der Waals surface area contributed by atoms with Crippen molar-refractivity contribution in [3.63, 3.8) is 0 Å². The van der Waals surface area contributed by atoms with Gasteiger partial charge >= 0.3 is 0 Å². The average molecular weight is 400 g/mol. The zero-order chi connectivity index (χ0) is 18.4. The van der Waals surface area contributed by atoms with Crippen LogP contribution in [0.2, 0.25) is 0 Å². The van der Waals surface area contributed by atoms with Crippen LogP contribution in [0.15, 0.2) is 21.7 Å². The van der Waals surface area contributed by atoms with Gasteiger partial charge in [0.15, 0.2) is 0 Å². The van der Waals surface area contributed by atoms with Crippen molar-refractivity contribution in [2.75, 3.05) is 39.3 Å². The van der Waals surface area contributed by atoms with Gasteiger partial charge in [0.25, 0.3) is 10.0 Å². The standard InChI is InChI=1S/C18H29N3O3S2/c22-17(19-8-13-20-9-2-1-3-10-20)15-16-6-11-21(12-7-16)26(23,24)18-5-4-14-25-18/h4-5,14,16H,1-3,6-13,15H2,(H,19,22). The fourth-order valence-electron chi connectivity index (χ4n) is 3.76. The number of hydrogen-bond acceptors (Lipinski definition) is 5. The molecule has 2 saturated heterocycles. The summed E-state index contributed by atoms with van der Waals surface area (Å²) in [4.78, 5) is 14.6. The van der Waals surface area contributed by atoms with Crippen LogP contribution in [-0.4, -0.2) is 62.8 Å². The molecule has 26 heavy (non-hydrogen) atoms. The number of sulfonamides is 1. The fraction of sp³-hybridized carbons (Fsp3) is 0.722. The van der Waals surface area contributed by atoms with Gasteiger partial charge < -0.3 is 10.2 Å². The van der Waals surface area contributed by atoms with Crippen molar-refractivity contribution >= 4 is 27.3 Å². The summed E-state index contributed by atoms with van der Waals surface area (Å²) in [5.74, 6) is 0.376. The van der Waals surface area contributed by atoms with Crippen LogP contribution in [0.25, 0.3) is 0 Å². The lowest BCUT2D eigenvalue weighted by atomic mass is 9.94. The highest BCUT2D eigenvalue weighted by Gasteiger charge is 2.30. The van der Waals surface area contributed by atoms with Crippen LogP contribution in [-0.2, 0) is 14.8 Å². The maximum absolute atomic E-state index is 12.5. The highest BCUT2D eigenvalue weighted by Crippen LogP contribution is 2.27. The minimum atomic E-state index is -3.35. The second-order valence-corrected chi connectivity index (χ2v) is 10.3. The van der Waals surface area contributed by atoms with Crippen LogP contribution in [0, 0.1) is 5.92 Å². The Hall–Kier alpha value is -0.960. The van der Waals surface area contributed by atoms with E-state index in [4.69, 9.17) is 0 Å². The van der Waals surface area contributed by atoms with Gasteiger partial charge in [0.1, 0.15) is 4.21 Å². The number of piperidine rings is 2.